The van der Waals surface area contributed by atoms with Crippen molar-refractivity contribution in [3.8, 4) is 5.75 Å². The molecule has 0 radical (unpaired) electrons. The lowest BCUT2D eigenvalue weighted by molar-refractivity contribution is 0.473. The summed E-state index contributed by atoms with van der Waals surface area (Å²) in [5, 5.41) is 9.62. The molecule has 1 rings (SSSR count). The van der Waals surface area contributed by atoms with Gasteiger partial charge in [-0.25, -0.2) is 0 Å². The van der Waals surface area contributed by atoms with E-state index in [-0.39, 0.29) is 0 Å². The molecule has 0 saturated carbocycles. The predicted octanol–water partition coefficient (Wildman–Crippen LogP) is 0.775. The third-order valence-corrected chi connectivity index (χ3v) is 2.23. The Balaban J connectivity index is 3.19. The summed E-state index contributed by atoms with van der Waals surface area (Å²) in [4.78, 5) is 0. The Morgan fingerprint density at radius 2 is 1.92 bits per heavy atom. The van der Waals surface area contributed by atoms with Gasteiger partial charge in [-0.1, -0.05) is 26.0 Å². The van der Waals surface area contributed by atoms with Crippen molar-refractivity contribution >= 4 is 13.3 Å². The normalized spacial score (nSPS) is 10.2. The highest BCUT2D eigenvalue weighted by molar-refractivity contribution is 6.34. The molecule has 0 aliphatic heterocycles. The maximum absolute atomic E-state index is 9.62. The number of phenols is 1. The molecule has 0 atom stereocenters. The fourth-order valence-corrected chi connectivity index (χ4v) is 1.41. The average Bonchev–Trinajstić information content (AvgIpc) is 2.09. The lowest BCUT2D eigenvalue weighted by Crippen LogP contribution is -2.06. The maximum Gasteiger partial charge on any atom is 0.144 e. The topological polar surface area (TPSA) is 20.2 Å². The number of hydrogen-bond donors (Lipinski definition) is 1. The van der Waals surface area contributed by atoms with Gasteiger partial charge in [0.25, 0.3) is 0 Å². The summed E-state index contributed by atoms with van der Waals surface area (Å²) in [5.41, 5.74) is 3.36. The summed E-state index contributed by atoms with van der Waals surface area (Å²) in [6.07, 6.45) is 1.94. The molecular weight excluding hydrogens is 147 g/mol. The van der Waals surface area contributed by atoms with Crippen LogP contribution >= 0.6 is 0 Å². The van der Waals surface area contributed by atoms with Crippen LogP contribution in [0.15, 0.2) is 12.1 Å². The molecule has 0 aromatic heterocycles. The zero-order chi connectivity index (χ0) is 9.14. The van der Waals surface area contributed by atoms with Crippen molar-refractivity contribution < 1.29 is 5.11 Å². The molecule has 2 heteroatoms. The van der Waals surface area contributed by atoms with Crippen LogP contribution < -0.4 is 5.46 Å². The summed E-state index contributed by atoms with van der Waals surface area (Å²) >= 11 is 0. The van der Waals surface area contributed by atoms with E-state index < -0.39 is 0 Å². The first kappa shape index (κ1) is 9.18. The maximum atomic E-state index is 9.62. The molecule has 12 heavy (non-hydrogen) atoms. The SMILES string of the molecule is Bc1cc(CC)cc(CC)c1O. The van der Waals surface area contributed by atoms with E-state index in [2.05, 4.69) is 26.0 Å². The van der Waals surface area contributed by atoms with E-state index in [9.17, 15) is 5.11 Å². The predicted molar refractivity (Wildman–Crippen MR) is 55.0 cm³/mol. The molecule has 0 amide bonds. The van der Waals surface area contributed by atoms with Gasteiger partial charge in [-0.2, -0.15) is 0 Å². The Morgan fingerprint density at radius 3 is 2.42 bits per heavy atom. The number of rotatable bonds is 2. The van der Waals surface area contributed by atoms with Gasteiger partial charge in [0.15, 0.2) is 0 Å². The van der Waals surface area contributed by atoms with E-state index in [0.717, 1.165) is 23.9 Å². The van der Waals surface area contributed by atoms with Crippen molar-refractivity contribution in [2.24, 2.45) is 0 Å². The van der Waals surface area contributed by atoms with E-state index in [0.29, 0.717) is 5.75 Å². The number of hydrogen-bond acceptors (Lipinski definition) is 1. The van der Waals surface area contributed by atoms with Crippen LogP contribution in [-0.4, -0.2) is 13.0 Å². The van der Waals surface area contributed by atoms with E-state index in [4.69, 9.17) is 0 Å². The Labute approximate surface area is 74.8 Å². The van der Waals surface area contributed by atoms with Crippen molar-refractivity contribution in [2.75, 3.05) is 0 Å². The van der Waals surface area contributed by atoms with Crippen molar-refractivity contribution in [1.29, 1.82) is 0 Å². The number of aromatic hydroxyl groups is 1. The van der Waals surface area contributed by atoms with Gasteiger partial charge in [0.2, 0.25) is 0 Å². The van der Waals surface area contributed by atoms with Crippen LogP contribution in [0.5, 0.6) is 5.75 Å². The molecule has 1 nitrogen and oxygen atoms in total. The lowest BCUT2D eigenvalue weighted by Gasteiger charge is -2.07. The molecule has 0 aliphatic rings. The summed E-state index contributed by atoms with van der Waals surface area (Å²) in [6.45, 7) is 4.19. The Hall–Kier alpha value is -0.915. The van der Waals surface area contributed by atoms with Gasteiger partial charge in [-0.15, -0.1) is 0 Å². The molecule has 1 aromatic carbocycles. The molecular formula is C10H15BO. The smallest absolute Gasteiger partial charge is 0.144 e. The first-order chi connectivity index (χ1) is 5.69. The van der Waals surface area contributed by atoms with Crippen molar-refractivity contribution in [3.05, 3.63) is 23.3 Å². The van der Waals surface area contributed by atoms with Gasteiger partial charge in [0.1, 0.15) is 13.6 Å². The molecule has 1 N–H and O–H groups in total. The van der Waals surface area contributed by atoms with E-state index in [1.807, 2.05) is 7.85 Å². The highest BCUT2D eigenvalue weighted by Gasteiger charge is 2.03. The first-order valence-electron chi connectivity index (χ1n) is 4.50. The first-order valence-corrected chi connectivity index (χ1v) is 4.50. The quantitative estimate of drug-likeness (QED) is 0.637. The third-order valence-electron chi connectivity index (χ3n) is 2.23. The second-order valence-electron chi connectivity index (χ2n) is 3.13. The van der Waals surface area contributed by atoms with E-state index in [1.54, 1.807) is 0 Å². The summed E-state index contributed by atoms with van der Waals surface area (Å²) in [6, 6.07) is 4.14. The second kappa shape index (κ2) is 3.66. The van der Waals surface area contributed by atoms with Crippen LogP contribution in [0.25, 0.3) is 0 Å². The molecule has 64 valence electrons. The van der Waals surface area contributed by atoms with Crippen LogP contribution in [0.4, 0.5) is 0 Å². The van der Waals surface area contributed by atoms with Gasteiger partial charge in [0.05, 0.1) is 0 Å². The highest BCUT2D eigenvalue weighted by Crippen LogP contribution is 2.16. The van der Waals surface area contributed by atoms with Crippen LogP contribution in [-0.2, 0) is 12.8 Å². The minimum atomic E-state index is 0.467. The summed E-state index contributed by atoms with van der Waals surface area (Å²) < 4.78 is 0. The molecule has 0 spiro atoms. The van der Waals surface area contributed by atoms with E-state index in [1.165, 1.54) is 5.56 Å². The Bertz CT molecular complexity index is 281. The fraction of sp³-hybridized carbons (Fsp3) is 0.400. The summed E-state index contributed by atoms with van der Waals surface area (Å²) in [5.74, 6) is 0.467. The van der Waals surface area contributed by atoms with Crippen LogP contribution in [0, 0.1) is 0 Å². The monoisotopic (exact) mass is 162 g/mol. The summed E-state index contributed by atoms with van der Waals surface area (Å²) in [7, 11) is 1.95. The zero-order valence-corrected chi connectivity index (χ0v) is 8.02. The lowest BCUT2D eigenvalue weighted by atomic mass is 9.89. The molecule has 0 unspecified atom stereocenters. The number of phenolic OH excluding ortho intramolecular Hbond substituents is 1. The molecule has 0 heterocycles. The molecule has 0 aliphatic carbocycles. The molecule has 0 fully saturated rings. The van der Waals surface area contributed by atoms with E-state index >= 15 is 0 Å². The van der Waals surface area contributed by atoms with Gasteiger partial charge < -0.3 is 5.11 Å². The van der Waals surface area contributed by atoms with Crippen LogP contribution in [0.2, 0.25) is 0 Å². The Kier molecular flexibility index (Phi) is 2.80. The number of benzene rings is 1. The number of aryl methyl sites for hydroxylation is 2. The fourth-order valence-electron chi connectivity index (χ4n) is 1.41. The standard InChI is InChI=1S/C10H15BO/c1-3-7-5-8(4-2)10(12)9(11)6-7/h5-6,12H,3-4,11H2,1-2H3. The molecule has 0 saturated heterocycles. The third kappa shape index (κ3) is 1.63. The van der Waals surface area contributed by atoms with Crippen molar-refractivity contribution in [3.63, 3.8) is 0 Å². The minimum absolute atomic E-state index is 0.467. The van der Waals surface area contributed by atoms with Crippen molar-refractivity contribution in [2.45, 2.75) is 26.7 Å². The van der Waals surface area contributed by atoms with Crippen LogP contribution in [0.3, 0.4) is 0 Å². The molecule has 0 bridgehead atoms. The average molecular weight is 162 g/mol. The van der Waals surface area contributed by atoms with Gasteiger partial charge in [0, 0.05) is 0 Å². The van der Waals surface area contributed by atoms with Gasteiger partial charge in [-0.05, 0) is 29.4 Å². The largest absolute Gasteiger partial charge is 0.508 e. The zero-order valence-electron chi connectivity index (χ0n) is 8.02. The van der Waals surface area contributed by atoms with Crippen molar-refractivity contribution in [1.82, 2.24) is 0 Å². The van der Waals surface area contributed by atoms with Gasteiger partial charge in [-0.3, -0.25) is 0 Å². The minimum Gasteiger partial charge on any atom is -0.508 e. The molecule has 1 aromatic rings. The highest BCUT2D eigenvalue weighted by atomic mass is 16.3. The van der Waals surface area contributed by atoms with Gasteiger partial charge >= 0.3 is 0 Å². The van der Waals surface area contributed by atoms with Crippen LogP contribution in [0.1, 0.15) is 25.0 Å². The Morgan fingerprint density at radius 1 is 1.25 bits per heavy atom. The second-order valence-corrected chi connectivity index (χ2v) is 3.13.